The average molecular weight is 176 g/mol. The number of aryl methyl sites for hydroxylation is 3. The van der Waals surface area contributed by atoms with Gasteiger partial charge >= 0.3 is 0 Å². The predicted octanol–water partition coefficient (Wildman–Crippen LogP) is 0.796. The zero-order valence-electron chi connectivity index (χ0n) is 8.20. The van der Waals surface area contributed by atoms with Crippen molar-refractivity contribution in [2.45, 2.75) is 13.8 Å². The fraction of sp³-hybridized carbons (Fsp3) is 0.300. The molecule has 0 radical (unpaired) electrons. The molecule has 0 fully saturated rings. The SMILES string of the molecule is Cc1cc2c(cc1C)[n+](C)cn2N. The molecule has 0 aliphatic carbocycles. The van der Waals surface area contributed by atoms with Crippen molar-refractivity contribution < 1.29 is 4.57 Å². The summed E-state index contributed by atoms with van der Waals surface area (Å²) in [6.45, 7) is 4.21. The van der Waals surface area contributed by atoms with Crippen LogP contribution in [0.25, 0.3) is 11.0 Å². The standard InChI is InChI=1S/C10H14N3/c1-7-4-9-10(5-8(7)2)13(11)6-12(9)3/h4-6H,11H2,1-3H3/q+1. The summed E-state index contributed by atoms with van der Waals surface area (Å²) in [5.41, 5.74) is 4.82. The monoisotopic (exact) mass is 176 g/mol. The summed E-state index contributed by atoms with van der Waals surface area (Å²) >= 11 is 0. The number of fused-ring (bicyclic) bond motifs is 1. The van der Waals surface area contributed by atoms with Crippen LogP contribution in [0.3, 0.4) is 0 Å². The number of hydrogen-bond acceptors (Lipinski definition) is 1. The molecule has 2 N–H and O–H groups in total. The second kappa shape index (κ2) is 2.49. The second-order valence-corrected chi connectivity index (χ2v) is 3.56. The molecule has 0 saturated carbocycles. The fourth-order valence-electron chi connectivity index (χ4n) is 1.59. The van der Waals surface area contributed by atoms with Gasteiger partial charge < -0.3 is 0 Å². The first kappa shape index (κ1) is 8.10. The van der Waals surface area contributed by atoms with Crippen LogP contribution in [0.4, 0.5) is 0 Å². The largest absolute Gasteiger partial charge is 0.269 e. The van der Waals surface area contributed by atoms with E-state index in [4.69, 9.17) is 5.84 Å². The molecule has 1 heterocycles. The summed E-state index contributed by atoms with van der Waals surface area (Å²) in [6, 6.07) is 4.28. The lowest BCUT2D eigenvalue weighted by molar-refractivity contribution is -0.645. The van der Waals surface area contributed by atoms with E-state index in [0.29, 0.717) is 0 Å². The van der Waals surface area contributed by atoms with E-state index in [1.807, 2.05) is 17.9 Å². The van der Waals surface area contributed by atoms with Crippen LogP contribution in [0, 0.1) is 13.8 Å². The van der Waals surface area contributed by atoms with E-state index in [1.165, 1.54) is 16.6 Å². The molecule has 0 spiro atoms. The highest BCUT2D eigenvalue weighted by Crippen LogP contribution is 2.15. The Morgan fingerprint density at radius 3 is 2.54 bits per heavy atom. The first-order valence-corrected chi connectivity index (χ1v) is 4.32. The predicted molar refractivity (Wildman–Crippen MR) is 52.7 cm³/mol. The van der Waals surface area contributed by atoms with E-state index < -0.39 is 0 Å². The van der Waals surface area contributed by atoms with Crippen LogP contribution in [0.15, 0.2) is 18.5 Å². The highest BCUT2D eigenvalue weighted by atomic mass is 15.3. The quantitative estimate of drug-likeness (QED) is 0.467. The average Bonchev–Trinajstić information content (AvgIpc) is 2.31. The summed E-state index contributed by atoms with van der Waals surface area (Å²) in [4.78, 5) is 0. The van der Waals surface area contributed by atoms with Crippen molar-refractivity contribution in [1.29, 1.82) is 0 Å². The molecule has 0 aliphatic heterocycles. The van der Waals surface area contributed by atoms with E-state index >= 15 is 0 Å². The lowest BCUT2D eigenvalue weighted by atomic mass is 10.1. The van der Waals surface area contributed by atoms with Crippen LogP contribution in [-0.4, -0.2) is 4.68 Å². The molecule has 2 aromatic rings. The van der Waals surface area contributed by atoms with Crippen LogP contribution in [0.1, 0.15) is 11.1 Å². The molecular formula is C10H14N3+. The van der Waals surface area contributed by atoms with Gasteiger partial charge in [-0.3, -0.25) is 5.84 Å². The molecular weight excluding hydrogens is 162 g/mol. The van der Waals surface area contributed by atoms with Gasteiger partial charge in [0.1, 0.15) is 0 Å². The van der Waals surface area contributed by atoms with Gasteiger partial charge in [0.05, 0.1) is 7.05 Å². The second-order valence-electron chi connectivity index (χ2n) is 3.56. The Kier molecular flexibility index (Phi) is 1.55. The maximum atomic E-state index is 5.79. The van der Waals surface area contributed by atoms with Crippen LogP contribution >= 0.6 is 0 Å². The van der Waals surface area contributed by atoms with Crippen LogP contribution in [0.5, 0.6) is 0 Å². The summed E-state index contributed by atoms with van der Waals surface area (Å²) in [5, 5.41) is 0. The van der Waals surface area contributed by atoms with E-state index in [-0.39, 0.29) is 0 Å². The van der Waals surface area contributed by atoms with Crippen molar-refractivity contribution in [3.8, 4) is 0 Å². The minimum atomic E-state index is 1.07. The first-order chi connectivity index (χ1) is 6.09. The molecule has 0 bridgehead atoms. The number of nitrogens with two attached hydrogens (primary N) is 1. The van der Waals surface area contributed by atoms with Gasteiger partial charge in [0, 0.05) is 0 Å². The molecule has 1 aromatic carbocycles. The number of imidazole rings is 1. The third kappa shape index (κ3) is 1.08. The van der Waals surface area contributed by atoms with Gasteiger partial charge in [-0.2, -0.15) is 0 Å². The fourth-order valence-corrected chi connectivity index (χ4v) is 1.59. The third-order valence-electron chi connectivity index (χ3n) is 2.55. The Balaban J connectivity index is 2.91. The number of aromatic nitrogens is 2. The van der Waals surface area contributed by atoms with Crippen molar-refractivity contribution in [1.82, 2.24) is 4.68 Å². The van der Waals surface area contributed by atoms with E-state index in [0.717, 1.165) is 5.52 Å². The van der Waals surface area contributed by atoms with Crippen molar-refractivity contribution in [3.63, 3.8) is 0 Å². The number of rotatable bonds is 0. The highest BCUT2D eigenvalue weighted by molar-refractivity contribution is 5.74. The van der Waals surface area contributed by atoms with Gasteiger partial charge in [0.25, 0.3) is 6.33 Å². The van der Waals surface area contributed by atoms with Crippen molar-refractivity contribution in [3.05, 3.63) is 29.6 Å². The van der Waals surface area contributed by atoms with E-state index in [9.17, 15) is 0 Å². The molecule has 3 nitrogen and oxygen atoms in total. The van der Waals surface area contributed by atoms with Gasteiger partial charge in [-0.25, -0.2) is 4.57 Å². The smallest absolute Gasteiger partial charge is 0.267 e. The zero-order chi connectivity index (χ0) is 9.59. The van der Waals surface area contributed by atoms with Gasteiger partial charge in [-0.1, -0.05) is 0 Å². The Hall–Kier alpha value is -1.51. The number of benzene rings is 1. The topological polar surface area (TPSA) is 34.8 Å². The van der Waals surface area contributed by atoms with E-state index in [1.54, 1.807) is 4.68 Å². The minimum Gasteiger partial charge on any atom is -0.269 e. The van der Waals surface area contributed by atoms with Gasteiger partial charge in [0.2, 0.25) is 0 Å². The van der Waals surface area contributed by atoms with Gasteiger partial charge in [-0.15, -0.1) is 4.68 Å². The zero-order valence-corrected chi connectivity index (χ0v) is 8.20. The maximum Gasteiger partial charge on any atom is 0.267 e. The van der Waals surface area contributed by atoms with Crippen LogP contribution in [-0.2, 0) is 7.05 Å². The molecule has 0 aliphatic rings. The normalized spacial score (nSPS) is 11.0. The Bertz CT molecular complexity index is 426. The maximum absolute atomic E-state index is 5.79. The van der Waals surface area contributed by atoms with Gasteiger partial charge in [-0.05, 0) is 37.1 Å². The summed E-state index contributed by atoms with van der Waals surface area (Å²) < 4.78 is 3.68. The van der Waals surface area contributed by atoms with Crippen molar-refractivity contribution in [2.24, 2.45) is 7.05 Å². The Labute approximate surface area is 77.4 Å². The Morgan fingerprint density at radius 1 is 1.23 bits per heavy atom. The lowest BCUT2D eigenvalue weighted by Gasteiger charge is -1.97. The molecule has 2 rings (SSSR count). The lowest BCUT2D eigenvalue weighted by Crippen LogP contribution is -2.26. The summed E-state index contributed by atoms with van der Waals surface area (Å²) in [5.74, 6) is 5.79. The molecule has 0 saturated heterocycles. The third-order valence-corrected chi connectivity index (χ3v) is 2.55. The minimum absolute atomic E-state index is 1.07. The molecule has 1 aromatic heterocycles. The van der Waals surface area contributed by atoms with Crippen molar-refractivity contribution >= 4 is 11.0 Å². The molecule has 0 unspecified atom stereocenters. The van der Waals surface area contributed by atoms with Gasteiger partial charge in [0.15, 0.2) is 11.0 Å². The molecule has 68 valence electrons. The summed E-state index contributed by atoms with van der Waals surface area (Å²) in [7, 11) is 2.00. The molecule has 3 heteroatoms. The van der Waals surface area contributed by atoms with Crippen molar-refractivity contribution in [2.75, 3.05) is 5.84 Å². The first-order valence-electron chi connectivity index (χ1n) is 4.32. The van der Waals surface area contributed by atoms with E-state index in [2.05, 4.69) is 26.0 Å². The molecule has 0 atom stereocenters. The molecule has 0 amide bonds. The summed E-state index contributed by atoms with van der Waals surface area (Å²) in [6.07, 6.45) is 1.88. The molecule has 13 heavy (non-hydrogen) atoms. The van der Waals surface area contributed by atoms with Crippen LogP contribution in [0.2, 0.25) is 0 Å². The Morgan fingerprint density at radius 2 is 1.85 bits per heavy atom. The number of nitrogen functional groups attached to an aromatic ring is 1. The van der Waals surface area contributed by atoms with Crippen LogP contribution < -0.4 is 10.4 Å². The number of nitrogens with zero attached hydrogens (tertiary/aromatic N) is 2. The number of hydrogen-bond donors (Lipinski definition) is 1. The highest BCUT2D eigenvalue weighted by Gasteiger charge is 2.11.